The Hall–Kier alpha value is -3.55. The number of nitrogens with zero attached hydrogens (tertiary/aromatic N) is 4. The summed E-state index contributed by atoms with van der Waals surface area (Å²) < 4.78 is 11.5. The zero-order chi connectivity index (χ0) is 24.1. The van der Waals surface area contributed by atoms with Crippen molar-refractivity contribution in [3.8, 4) is 11.5 Å². The Kier molecular flexibility index (Phi) is 7.35. The van der Waals surface area contributed by atoms with Gasteiger partial charge >= 0.3 is 0 Å². The summed E-state index contributed by atoms with van der Waals surface area (Å²) in [5.74, 6) is 2.76. The topological polar surface area (TPSA) is 83.6 Å². The molecule has 1 saturated heterocycles. The van der Waals surface area contributed by atoms with E-state index in [4.69, 9.17) is 9.47 Å². The molecule has 3 aromatic rings. The van der Waals surface area contributed by atoms with Crippen LogP contribution in [0.2, 0.25) is 0 Å². The van der Waals surface area contributed by atoms with Crippen LogP contribution in [0.15, 0.2) is 48.5 Å². The molecule has 4 rings (SSSR count). The third-order valence-electron chi connectivity index (χ3n) is 5.95. The Morgan fingerprint density at radius 3 is 2.62 bits per heavy atom. The first-order valence-electron chi connectivity index (χ1n) is 11.7. The van der Waals surface area contributed by atoms with Gasteiger partial charge in [0.1, 0.15) is 11.6 Å². The van der Waals surface area contributed by atoms with Gasteiger partial charge in [-0.2, -0.15) is 5.10 Å². The average molecular weight is 464 g/mol. The molecule has 1 aromatic heterocycles. The average Bonchev–Trinajstić information content (AvgIpc) is 3.23. The number of aromatic amines is 1. The zero-order valence-corrected chi connectivity index (χ0v) is 20.3. The van der Waals surface area contributed by atoms with Crippen molar-refractivity contribution in [2.75, 3.05) is 31.6 Å². The number of carbonyl (C=O) groups is 1. The quantitative estimate of drug-likeness (QED) is 0.551. The van der Waals surface area contributed by atoms with E-state index in [-0.39, 0.29) is 24.5 Å². The van der Waals surface area contributed by atoms with Crippen molar-refractivity contribution in [2.45, 2.75) is 45.8 Å². The summed E-state index contributed by atoms with van der Waals surface area (Å²) in [6.07, 6.45) is 1.05. The van der Waals surface area contributed by atoms with Gasteiger partial charge in [0.2, 0.25) is 5.91 Å². The summed E-state index contributed by atoms with van der Waals surface area (Å²) in [5.41, 5.74) is 2.27. The molecule has 1 fully saturated rings. The number of benzene rings is 2. The van der Waals surface area contributed by atoms with E-state index in [2.05, 4.69) is 38.3 Å². The standard InChI is InChI=1S/C26H33N5O3/c1-18(2)34-24-15-21(10-11-23(24)33-4)30-12-13-31(26(32)16-25-27-19(3)28-29-25)22(17-30)14-20-8-6-5-7-9-20/h5-11,15,18,22H,12-14,16-17H2,1-4H3,(H,27,28,29). The molecule has 0 saturated carbocycles. The number of rotatable bonds is 8. The Bertz CT molecular complexity index is 1100. The number of carbonyl (C=O) groups excluding carboxylic acids is 1. The van der Waals surface area contributed by atoms with Gasteiger partial charge in [0.15, 0.2) is 11.5 Å². The van der Waals surface area contributed by atoms with Crippen LogP contribution in [-0.4, -0.2) is 64.9 Å². The summed E-state index contributed by atoms with van der Waals surface area (Å²) in [7, 11) is 1.65. The van der Waals surface area contributed by atoms with Crippen LogP contribution >= 0.6 is 0 Å². The van der Waals surface area contributed by atoms with Crippen molar-refractivity contribution >= 4 is 11.6 Å². The number of aryl methyl sites for hydroxylation is 1. The number of piperazine rings is 1. The van der Waals surface area contributed by atoms with Crippen molar-refractivity contribution < 1.29 is 14.3 Å². The van der Waals surface area contributed by atoms with Crippen LogP contribution in [0, 0.1) is 6.92 Å². The first-order valence-corrected chi connectivity index (χ1v) is 11.7. The van der Waals surface area contributed by atoms with Gasteiger partial charge in [-0.15, -0.1) is 0 Å². The van der Waals surface area contributed by atoms with Gasteiger partial charge in [-0.25, -0.2) is 4.98 Å². The van der Waals surface area contributed by atoms with Crippen molar-refractivity contribution in [3.63, 3.8) is 0 Å². The maximum absolute atomic E-state index is 13.3. The van der Waals surface area contributed by atoms with E-state index in [1.54, 1.807) is 7.11 Å². The minimum absolute atomic E-state index is 0.0317. The molecule has 1 N–H and O–H groups in total. The molecule has 1 atom stereocenters. The molecule has 1 amide bonds. The van der Waals surface area contributed by atoms with Crippen molar-refractivity contribution in [1.82, 2.24) is 20.1 Å². The minimum atomic E-state index is 0.0317. The molecule has 0 aliphatic carbocycles. The van der Waals surface area contributed by atoms with Crippen molar-refractivity contribution in [1.29, 1.82) is 0 Å². The van der Waals surface area contributed by atoms with E-state index in [1.807, 2.05) is 56.0 Å². The largest absolute Gasteiger partial charge is 0.493 e. The van der Waals surface area contributed by atoms with Crippen LogP contribution in [-0.2, 0) is 17.6 Å². The normalized spacial score (nSPS) is 16.1. The number of hydrogen-bond acceptors (Lipinski definition) is 6. The lowest BCUT2D eigenvalue weighted by Crippen LogP contribution is -2.56. The molecule has 2 aromatic carbocycles. The highest BCUT2D eigenvalue weighted by Gasteiger charge is 2.31. The summed E-state index contributed by atoms with van der Waals surface area (Å²) in [5, 5.41) is 6.92. The molecular formula is C26H33N5O3. The molecule has 34 heavy (non-hydrogen) atoms. The van der Waals surface area contributed by atoms with Gasteiger partial charge in [-0.3, -0.25) is 9.89 Å². The molecule has 0 radical (unpaired) electrons. The Morgan fingerprint density at radius 1 is 1.15 bits per heavy atom. The second-order valence-corrected chi connectivity index (χ2v) is 8.88. The maximum atomic E-state index is 13.3. The molecule has 1 aliphatic heterocycles. The highest BCUT2D eigenvalue weighted by molar-refractivity contribution is 5.78. The lowest BCUT2D eigenvalue weighted by atomic mass is 10.0. The predicted molar refractivity (Wildman–Crippen MR) is 131 cm³/mol. The third kappa shape index (κ3) is 5.68. The second-order valence-electron chi connectivity index (χ2n) is 8.88. The monoisotopic (exact) mass is 463 g/mol. The number of aromatic nitrogens is 3. The van der Waals surface area contributed by atoms with Crippen LogP contribution in [0.3, 0.4) is 0 Å². The Labute approximate surface area is 200 Å². The molecule has 0 spiro atoms. The highest BCUT2D eigenvalue weighted by Crippen LogP contribution is 2.33. The van der Waals surface area contributed by atoms with Gasteiger partial charge in [-0.1, -0.05) is 30.3 Å². The van der Waals surface area contributed by atoms with Gasteiger partial charge in [-0.05, 0) is 44.9 Å². The lowest BCUT2D eigenvalue weighted by molar-refractivity contribution is -0.133. The van der Waals surface area contributed by atoms with E-state index in [0.29, 0.717) is 18.2 Å². The number of H-pyrrole nitrogens is 1. The van der Waals surface area contributed by atoms with E-state index in [0.717, 1.165) is 36.7 Å². The summed E-state index contributed by atoms with van der Waals surface area (Å²) in [4.78, 5) is 21.9. The Balaban J connectivity index is 1.55. The molecular weight excluding hydrogens is 430 g/mol. The van der Waals surface area contributed by atoms with Crippen LogP contribution in [0.25, 0.3) is 0 Å². The number of amides is 1. The van der Waals surface area contributed by atoms with Gasteiger partial charge < -0.3 is 19.3 Å². The van der Waals surface area contributed by atoms with Gasteiger partial charge in [0.05, 0.1) is 25.7 Å². The fourth-order valence-corrected chi connectivity index (χ4v) is 4.40. The van der Waals surface area contributed by atoms with Crippen molar-refractivity contribution in [3.05, 3.63) is 65.7 Å². The molecule has 8 heteroatoms. The lowest BCUT2D eigenvalue weighted by Gasteiger charge is -2.42. The van der Waals surface area contributed by atoms with Crippen LogP contribution in [0.5, 0.6) is 11.5 Å². The van der Waals surface area contributed by atoms with Crippen LogP contribution in [0.1, 0.15) is 31.1 Å². The van der Waals surface area contributed by atoms with Crippen LogP contribution < -0.4 is 14.4 Å². The number of hydrogen-bond donors (Lipinski definition) is 1. The van der Waals surface area contributed by atoms with Gasteiger partial charge in [0, 0.05) is 31.4 Å². The molecule has 8 nitrogen and oxygen atoms in total. The summed E-state index contributed by atoms with van der Waals surface area (Å²) in [6, 6.07) is 16.4. The molecule has 180 valence electrons. The van der Waals surface area contributed by atoms with Crippen LogP contribution in [0.4, 0.5) is 5.69 Å². The van der Waals surface area contributed by atoms with E-state index >= 15 is 0 Å². The first kappa shape index (κ1) is 23.6. The fraction of sp³-hybridized carbons (Fsp3) is 0.423. The Morgan fingerprint density at radius 2 is 1.94 bits per heavy atom. The smallest absolute Gasteiger partial charge is 0.230 e. The summed E-state index contributed by atoms with van der Waals surface area (Å²) >= 11 is 0. The van der Waals surface area contributed by atoms with E-state index in [9.17, 15) is 4.79 Å². The number of methoxy groups -OCH3 is 1. The molecule has 0 bridgehead atoms. The second kappa shape index (κ2) is 10.6. The van der Waals surface area contributed by atoms with Gasteiger partial charge in [0.25, 0.3) is 0 Å². The highest BCUT2D eigenvalue weighted by atomic mass is 16.5. The molecule has 2 heterocycles. The minimum Gasteiger partial charge on any atom is -0.493 e. The number of anilines is 1. The molecule has 1 unspecified atom stereocenters. The van der Waals surface area contributed by atoms with Crippen molar-refractivity contribution in [2.24, 2.45) is 0 Å². The number of nitrogens with one attached hydrogen (secondary N) is 1. The maximum Gasteiger partial charge on any atom is 0.230 e. The number of ether oxygens (including phenoxy) is 2. The summed E-state index contributed by atoms with van der Waals surface area (Å²) in [6.45, 7) is 7.91. The van der Waals surface area contributed by atoms with E-state index < -0.39 is 0 Å². The predicted octanol–water partition coefficient (Wildman–Crippen LogP) is 3.41. The van der Waals surface area contributed by atoms with E-state index in [1.165, 1.54) is 5.56 Å². The molecule has 1 aliphatic rings. The fourth-order valence-electron chi connectivity index (χ4n) is 4.40. The first-order chi connectivity index (χ1) is 16.4. The SMILES string of the molecule is COc1ccc(N2CCN(C(=O)Cc3nc(C)n[nH]3)C(Cc3ccccc3)C2)cc1OC(C)C. The third-order valence-corrected chi connectivity index (χ3v) is 5.95. The zero-order valence-electron chi connectivity index (χ0n) is 20.3.